The number of methoxy groups -OCH3 is 1. The van der Waals surface area contributed by atoms with Gasteiger partial charge in [-0.3, -0.25) is 19.6 Å². The van der Waals surface area contributed by atoms with Gasteiger partial charge in [-0.25, -0.2) is 32.5 Å². The van der Waals surface area contributed by atoms with Crippen molar-refractivity contribution in [3.63, 3.8) is 0 Å². The maximum absolute atomic E-state index is 13.5. The van der Waals surface area contributed by atoms with E-state index in [1.807, 2.05) is 56.3 Å². The van der Waals surface area contributed by atoms with Crippen LogP contribution in [-0.2, 0) is 0 Å². The fraction of sp³-hybridized carbons (Fsp3) is 0.250. The molecule has 2 fully saturated rings. The number of anilines is 2. The Hall–Kier alpha value is -6.75. The summed E-state index contributed by atoms with van der Waals surface area (Å²) in [4.78, 5) is 52.0. The van der Waals surface area contributed by atoms with Gasteiger partial charge in [0.05, 0.1) is 57.0 Å². The zero-order chi connectivity index (χ0) is 42.8. The number of nitrogens with one attached hydrogen (secondary N) is 2. The SMILES string of the molecule is COc1ccc(C)cc1C(=O)N1CC[C@@H](Nc2cnc3cc(F)c(F)cc3n2)C1.Cc1nc(C(=O)N2CC[C@@H](Nc3cnc4cc(F)c(F)cc4n3)C2)c(-c2ccccc2)s1. The van der Waals surface area contributed by atoms with E-state index < -0.39 is 23.3 Å². The van der Waals surface area contributed by atoms with Crippen molar-refractivity contribution in [1.82, 2.24) is 34.7 Å². The van der Waals surface area contributed by atoms with E-state index in [0.717, 1.165) is 58.1 Å². The monoisotopic (exact) mass is 849 g/mol. The van der Waals surface area contributed by atoms with Crippen LogP contribution in [0.25, 0.3) is 32.5 Å². The third-order valence-corrected chi connectivity index (χ3v) is 11.4. The van der Waals surface area contributed by atoms with Gasteiger partial charge in [0.15, 0.2) is 23.3 Å². The maximum atomic E-state index is 13.5. The van der Waals surface area contributed by atoms with Gasteiger partial charge in [0.2, 0.25) is 0 Å². The van der Waals surface area contributed by atoms with Crippen LogP contribution in [0.4, 0.5) is 29.2 Å². The molecule has 3 aromatic heterocycles. The fourth-order valence-electron chi connectivity index (χ4n) is 7.36. The van der Waals surface area contributed by atoms with Gasteiger partial charge in [-0.2, -0.15) is 0 Å². The van der Waals surface area contributed by atoms with Gasteiger partial charge >= 0.3 is 0 Å². The van der Waals surface area contributed by atoms with Gasteiger partial charge in [-0.1, -0.05) is 42.0 Å². The van der Waals surface area contributed by atoms with Crippen LogP contribution in [-0.4, -0.2) is 91.9 Å². The van der Waals surface area contributed by atoms with E-state index in [2.05, 4.69) is 35.6 Å². The van der Waals surface area contributed by atoms with Gasteiger partial charge in [-0.05, 0) is 44.4 Å². The second kappa shape index (κ2) is 17.5. The molecule has 7 aromatic rings. The Morgan fingerprint density at radius 3 is 1.75 bits per heavy atom. The number of thiazole rings is 1. The summed E-state index contributed by atoms with van der Waals surface area (Å²) in [6.07, 6.45) is 4.43. The number of carbonyl (C=O) groups excluding carboxylic acids is 2. The molecule has 4 aromatic carbocycles. The molecule has 2 aliphatic rings. The molecule has 312 valence electrons. The van der Waals surface area contributed by atoms with E-state index in [1.165, 1.54) is 23.7 Å². The van der Waals surface area contributed by atoms with Crippen LogP contribution >= 0.6 is 11.3 Å². The van der Waals surface area contributed by atoms with Crippen LogP contribution in [0.1, 0.15) is 44.3 Å². The van der Waals surface area contributed by atoms with Crippen LogP contribution in [0.5, 0.6) is 5.75 Å². The molecule has 12 nitrogen and oxygen atoms in total. The number of aromatic nitrogens is 5. The largest absolute Gasteiger partial charge is 0.496 e. The second-order valence-electron chi connectivity index (χ2n) is 14.8. The lowest BCUT2D eigenvalue weighted by atomic mass is 10.1. The van der Waals surface area contributed by atoms with Crippen LogP contribution in [0, 0.1) is 37.1 Å². The van der Waals surface area contributed by atoms with Crippen LogP contribution < -0.4 is 15.4 Å². The molecule has 2 amide bonds. The van der Waals surface area contributed by atoms with Crippen molar-refractivity contribution in [3.05, 3.63) is 130 Å². The number of carbonyl (C=O) groups is 2. The van der Waals surface area contributed by atoms with Gasteiger partial charge in [0, 0.05) is 62.5 Å². The number of likely N-dealkylation sites (tertiary alicyclic amines) is 2. The first kappa shape index (κ1) is 41.0. The molecule has 0 unspecified atom stereocenters. The second-order valence-corrected chi connectivity index (χ2v) is 16.0. The van der Waals surface area contributed by atoms with Gasteiger partial charge in [0.25, 0.3) is 11.8 Å². The number of aryl methyl sites for hydroxylation is 2. The van der Waals surface area contributed by atoms with Gasteiger partial charge in [-0.15, -0.1) is 11.3 Å². The molecule has 0 aliphatic carbocycles. The molecule has 0 spiro atoms. The van der Waals surface area contributed by atoms with Crippen molar-refractivity contribution in [3.8, 4) is 16.2 Å². The molecule has 61 heavy (non-hydrogen) atoms. The Balaban J connectivity index is 0.000000169. The van der Waals surface area contributed by atoms with Crippen molar-refractivity contribution in [1.29, 1.82) is 0 Å². The minimum absolute atomic E-state index is 0.0215. The topological polar surface area (TPSA) is 138 Å². The predicted molar refractivity (Wildman–Crippen MR) is 225 cm³/mol. The summed E-state index contributed by atoms with van der Waals surface area (Å²) in [7, 11) is 1.54. The molecule has 2 aliphatic heterocycles. The number of benzene rings is 4. The van der Waals surface area contributed by atoms with E-state index in [1.54, 1.807) is 23.0 Å². The third-order valence-electron chi connectivity index (χ3n) is 10.4. The highest BCUT2D eigenvalue weighted by Crippen LogP contribution is 2.32. The number of rotatable bonds is 8. The normalized spacial score (nSPS) is 16.1. The first-order chi connectivity index (χ1) is 29.4. The predicted octanol–water partition coefficient (Wildman–Crippen LogP) is 8.22. The van der Waals surface area contributed by atoms with Gasteiger partial charge in [0.1, 0.15) is 23.1 Å². The van der Waals surface area contributed by atoms with Gasteiger partial charge < -0.3 is 25.2 Å². The summed E-state index contributed by atoms with van der Waals surface area (Å²) in [6, 6.07) is 19.3. The quantitative estimate of drug-likeness (QED) is 0.144. The third kappa shape index (κ3) is 9.06. The lowest BCUT2D eigenvalue weighted by molar-refractivity contribution is 0.0780. The molecular formula is C44H39F4N9O3S. The van der Waals surface area contributed by atoms with E-state index in [-0.39, 0.29) is 46.0 Å². The number of hydrogen-bond acceptors (Lipinski definition) is 11. The fourth-order valence-corrected chi connectivity index (χ4v) is 8.28. The number of nitrogens with zero attached hydrogens (tertiary/aromatic N) is 7. The van der Waals surface area contributed by atoms with Crippen molar-refractivity contribution in [2.45, 2.75) is 38.8 Å². The summed E-state index contributed by atoms with van der Waals surface area (Å²) in [5.74, 6) is -2.56. The van der Waals surface area contributed by atoms with E-state index in [9.17, 15) is 27.2 Å². The van der Waals surface area contributed by atoms with Crippen molar-refractivity contribution in [2.24, 2.45) is 0 Å². The number of halogens is 4. The number of fused-ring (bicyclic) bond motifs is 2. The lowest BCUT2D eigenvalue weighted by Crippen LogP contribution is -2.32. The van der Waals surface area contributed by atoms with Crippen LogP contribution in [0.3, 0.4) is 0 Å². The molecule has 2 atom stereocenters. The minimum atomic E-state index is -0.964. The Bertz CT molecular complexity index is 2780. The molecule has 2 N–H and O–H groups in total. The zero-order valence-corrected chi connectivity index (χ0v) is 34.1. The average Bonchev–Trinajstić information content (AvgIpc) is 4.02. The summed E-state index contributed by atoms with van der Waals surface area (Å²) >= 11 is 1.51. The smallest absolute Gasteiger partial charge is 0.274 e. The van der Waals surface area contributed by atoms with Crippen molar-refractivity contribution >= 4 is 56.9 Å². The maximum Gasteiger partial charge on any atom is 0.274 e. The number of amides is 2. The van der Waals surface area contributed by atoms with E-state index in [4.69, 9.17) is 4.74 Å². The first-order valence-electron chi connectivity index (χ1n) is 19.4. The zero-order valence-electron chi connectivity index (χ0n) is 33.3. The standard InChI is InChI=1S/C23H19F2N5OS.C21H20F2N4O2/c1-13-27-21(22(32-13)14-5-3-2-4-6-14)23(31)30-8-7-15(12-30)28-20-11-26-18-9-16(24)17(25)10-19(18)29-20;1-12-3-4-19(29-2)14(7-12)21(28)27-6-5-13(11-27)25-20-10-24-17-8-15(22)16(23)9-18(17)26-20/h2-6,9-11,15H,7-8,12H2,1H3,(H,28,29);3-4,7-10,13H,5-6,11H2,1-2H3,(H,25,26)/t15-;13-/m11/s1. The van der Waals surface area contributed by atoms with E-state index >= 15 is 0 Å². The first-order valence-corrected chi connectivity index (χ1v) is 20.3. The molecule has 5 heterocycles. The van der Waals surface area contributed by atoms with Crippen LogP contribution in [0.2, 0.25) is 0 Å². The Morgan fingerprint density at radius 2 is 1.21 bits per heavy atom. The Labute approximate surface area is 351 Å². The van der Waals surface area contributed by atoms with Crippen molar-refractivity contribution in [2.75, 3.05) is 43.9 Å². The average molecular weight is 850 g/mol. The molecule has 0 saturated carbocycles. The minimum Gasteiger partial charge on any atom is -0.496 e. The summed E-state index contributed by atoms with van der Waals surface area (Å²) < 4.78 is 59.0. The molecule has 0 radical (unpaired) electrons. The molecule has 2 saturated heterocycles. The highest BCUT2D eigenvalue weighted by atomic mass is 32.1. The summed E-state index contributed by atoms with van der Waals surface area (Å²) in [5, 5.41) is 7.33. The molecule has 0 bridgehead atoms. The summed E-state index contributed by atoms with van der Waals surface area (Å²) in [5.41, 5.74) is 4.07. The Morgan fingerprint density at radius 1 is 0.689 bits per heavy atom. The molecule has 17 heteroatoms. The number of ether oxygens (including phenoxy) is 1. The van der Waals surface area contributed by atoms with Crippen LogP contribution in [0.15, 0.2) is 85.2 Å². The molecular weight excluding hydrogens is 811 g/mol. The summed E-state index contributed by atoms with van der Waals surface area (Å²) in [6.45, 7) is 5.98. The highest BCUT2D eigenvalue weighted by molar-refractivity contribution is 7.15. The number of hydrogen-bond donors (Lipinski definition) is 2. The lowest BCUT2D eigenvalue weighted by Gasteiger charge is -2.19. The van der Waals surface area contributed by atoms with E-state index in [0.29, 0.717) is 54.8 Å². The van der Waals surface area contributed by atoms with Crippen molar-refractivity contribution < 1.29 is 31.9 Å². The molecule has 9 rings (SSSR count). The Kier molecular flexibility index (Phi) is 11.7. The highest BCUT2D eigenvalue weighted by Gasteiger charge is 2.31.